The van der Waals surface area contributed by atoms with Gasteiger partial charge in [0.1, 0.15) is 0 Å². The van der Waals surface area contributed by atoms with Gasteiger partial charge in [-0.15, -0.1) is 0 Å². The number of hydrogen-bond acceptors (Lipinski definition) is 2. The molecule has 80 valence electrons. The van der Waals surface area contributed by atoms with Gasteiger partial charge < -0.3 is 0 Å². The molecular formula is C14H13NO. The van der Waals surface area contributed by atoms with Crippen molar-refractivity contribution in [2.75, 3.05) is 0 Å². The van der Waals surface area contributed by atoms with Gasteiger partial charge in [0.15, 0.2) is 5.78 Å². The predicted molar refractivity (Wildman–Crippen MR) is 62.6 cm³/mol. The Kier molecular flexibility index (Phi) is 3.16. The summed E-state index contributed by atoms with van der Waals surface area (Å²) in [5, 5.41) is 8.67. The van der Waals surface area contributed by atoms with Crippen LogP contribution in [-0.2, 0) is 4.79 Å². The molecular weight excluding hydrogens is 198 g/mol. The maximum absolute atomic E-state index is 11.6. The summed E-state index contributed by atoms with van der Waals surface area (Å²) in [7, 11) is 0. The molecule has 1 fully saturated rings. The number of allylic oxidation sites excluding steroid dienone is 1. The van der Waals surface area contributed by atoms with Crippen LogP contribution < -0.4 is 0 Å². The molecule has 1 aliphatic carbocycles. The van der Waals surface area contributed by atoms with Crippen LogP contribution in [0.25, 0.3) is 6.08 Å². The van der Waals surface area contributed by atoms with Crippen molar-refractivity contribution in [2.45, 2.75) is 25.7 Å². The summed E-state index contributed by atoms with van der Waals surface area (Å²) in [5.41, 5.74) is 2.58. The van der Waals surface area contributed by atoms with Crippen molar-refractivity contribution < 1.29 is 4.79 Å². The molecule has 0 aliphatic heterocycles. The summed E-state index contributed by atoms with van der Waals surface area (Å²) in [5.74, 6) is 0.274. The van der Waals surface area contributed by atoms with E-state index in [9.17, 15) is 4.79 Å². The lowest BCUT2D eigenvalue weighted by Crippen LogP contribution is -2.07. The van der Waals surface area contributed by atoms with Crippen LogP contribution in [0.5, 0.6) is 0 Å². The molecule has 0 radical (unpaired) electrons. The minimum absolute atomic E-state index is 0.274. The van der Waals surface area contributed by atoms with Gasteiger partial charge in [-0.25, -0.2) is 0 Å². The first-order valence-electron chi connectivity index (χ1n) is 5.53. The summed E-state index contributed by atoms with van der Waals surface area (Å²) < 4.78 is 0. The molecule has 1 aromatic carbocycles. The van der Waals surface area contributed by atoms with E-state index >= 15 is 0 Å². The van der Waals surface area contributed by atoms with E-state index in [0.29, 0.717) is 12.0 Å². The number of rotatable bonds is 1. The van der Waals surface area contributed by atoms with Gasteiger partial charge in [0.25, 0.3) is 0 Å². The first kappa shape index (κ1) is 10.6. The number of benzene rings is 1. The lowest BCUT2D eigenvalue weighted by molar-refractivity contribution is -0.116. The average molecular weight is 211 g/mol. The van der Waals surface area contributed by atoms with Crippen LogP contribution in [0, 0.1) is 11.3 Å². The maximum Gasteiger partial charge on any atom is 0.158 e. The largest absolute Gasteiger partial charge is 0.295 e. The number of nitrogens with zero attached hydrogens (tertiary/aromatic N) is 1. The SMILES string of the molecule is N#Cc1ccc(C=C2CCCCC2=O)cc1. The van der Waals surface area contributed by atoms with Crippen molar-refractivity contribution >= 4 is 11.9 Å². The average Bonchev–Trinajstić information content (AvgIpc) is 2.33. The summed E-state index contributed by atoms with van der Waals surface area (Å²) in [4.78, 5) is 11.6. The van der Waals surface area contributed by atoms with Gasteiger partial charge in [-0.2, -0.15) is 5.26 Å². The molecule has 2 rings (SSSR count). The summed E-state index contributed by atoms with van der Waals surface area (Å²) in [6, 6.07) is 9.40. The first-order chi connectivity index (χ1) is 7.79. The molecule has 2 nitrogen and oxygen atoms in total. The standard InChI is InChI=1S/C14H13NO/c15-10-12-7-5-11(6-8-12)9-13-3-1-2-4-14(13)16/h5-9H,1-4H2. The highest BCUT2D eigenvalue weighted by Gasteiger charge is 2.14. The molecule has 0 N–H and O–H groups in total. The van der Waals surface area contributed by atoms with Gasteiger partial charge in [-0.05, 0) is 48.6 Å². The van der Waals surface area contributed by atoms with E-state index in [1.54, 1.807) is 12.1 Å². The lowest BCUT2D eigenvalue weighted by Gasteiger charge is -2.12. The topological polar surface area (TPSA) is 40.9 Å². The Morgan fingerprint density at radius 1 is 1.12 bits per heavy atom. The third-order valence-corrected chi connectivity index (χ3v) is 2.84. The van der Waals surface area contributed by atoms with Crippen LogP contribution in [0.15, 0.2) is 29.8 Å². The van der Waals surface area contributed by atoms with E-state index in [4.69, 9.17) is 5.26 Å². The zero-order valence-electron chi connectivity index (χ0n) is 9.07. The number of nitriles is 1. The van der Waals surface area contributed by atoms with Gasteiger partial charge in [0.05, 0.1) is 11.6 Å². The Balaban J connectivity index is 2.21. The normalized spacial score (nSPS) is 18.4. The number of carbonyl (C=O) groups excluding carboxylic acids is 1. The van der Waals surface area contributed by atoms with E-state index in [1.165, 1.54) is 0 Å². The van der Waals surface area contributed by atoms with E-state index in [-0.39, 0.29) is 5.78 Å². The predicted octanol–water partition coefficient (Wildman–Crippen LogP) is 3.08. The van der Waals surface area contributed by atoms with E-state index < -0.39 is 0 Å². The second-order valence-corrected chi connectivity index (χ2v) is 4.03. The van der Waals surface area contributed by atoms with Crippen LogP contribution in [-0.4, -0.2) is 5.78 Å². The molecule has 0 heterocycles. The van der Waals surface area contributed by atoms with Crippen LogP contribution in [0.2, 0.25) is 0 Å². The van der Waals surface area contributed by atoms with Crippen LogP contribution in [0.3, 0.4) is 0 Å². The number of Topliss-reactive ketones (excluding diaryl/α,β-unsaturated/α-hetero) is 1. The van der Waals surface area contributed by atoms with Crippen molar-refractivity contribution in [2.24, 2.45) is 0 Å². The first-order valence-corrected chi connectivity index (χ1v) is 5.53. The van der Waals surface area contributed by atoms with E-state index in [1.807, 2.05) is 18.2 Å². The van der Waals surface area contributed by atoms with E-state index in [2.05, 4.69) is 6.07 Å². The zero-order chi connectivity index (χ0) is 11.4. The van der Waals surface area contributed by atoms with Crippen molar-refractivity contribution in [3.63, 3.8) is 0 Å². The van der Waals surface area contributed by atoms with Crippen LogP contribution >= 0.6 is 0 Å². The number of hydrogen-bond donors (Lipinski definition) is 0. The molecule has 0 aromatic heterocycles. The molecule has 0 saturated heterocycles. The van der Waals surface area contributed by atoms with Gasteiger partial charge in [0, 0.05) is 6.42 Å². The second-order valence-electron chi connectivity index (χ2n) is 4.03. The van der Waals surface area contributed by atoms with Crippen molar-refractivity contribution in [1.29, 1.82) is 5.26 Å². The Labute approximate surface area is 95.2 Å². The number of carbonyl (C=O) groups is 1. The quantitative estimate of drug-likeness (QED) is 0.670. The fourth-order valence-electron chi connectivity index (χ4n) is 1.91. The third-order valence-electron chi connectivity index (χ3n) is 2.84. The Morgan fingerprint density at radius 2 is 1.81 bits per heavy atom. The van der Waals surface area contributed by atoms with Gasteiger partial charge in [0.2, 0.25) is 0 Å². The second kappa shape index (κ2) is 4.76. The monoisotopic (exact) mass is 211 g/mol. The number of ketones is 1. The van der Waals surface area contributed by atoms with E-state index in [0.717, 1.165) is 30.4 Å². The summed E-state index contributed by atoms with van der Waals surface area (Å²) in [6.07, 6.45) is 5.64. The maximum atomic E-state index is 11.6. The molecule has 0 amide bonds. The summed E-state index contributed by atoms with van der Waals surface area (Å²) in [6.45, 7) is 0. The van der Waals surface area contributed by atoms with Crippen molar-refractivity contribution in [3.8, 4) is 6.07 Å². The minimum atomic E-state index is 0.274. The zero-order valence-corrected chi connectivity index (χ0v) is 9.07. The van der Waals surface area contributed by atoms with Crippen LogP contribution in [0.1, 0.15) is 36.8 Å². The summed E-state index contributed by atoms with van der Waals surface area (Å²) >= 11 is 0. The highest BCUT2D eigenvalue weighted by Crippen LogP contribution is 2.22. The highest BCUT2D eigenvalue weighted by atomic mass is 16.1. The lowest BCUT2D eigenvalue weighted by atomic mass is 9.92. The smallest absolute Gasteiger partial charge is 0.158 e. The fourth-order valence-corrected chi connectivity index (χ4v) is 1.91. The molecule has 0 bridgehead atoms. The van der Waals surface area contributed by atoms with Crippen molar-refractivity contribution in [3.05, 3.63) is 41.0 Å². The fraction of sp³-hybridized carbons (Fsp3) is 0.286. The molecule has 1 saturated carbocycles. The Hall–Kier alpha value is -1.88. The molecule has 2 heteroatoms. The van der Waals surface area contributed by atoms with Crippen LogP contribution in [0.4, 0.5) is 0 Å². The molecule has 1 aliphatic rings. The molecule has 0 atom stereocenters. The molecule has 0 spiro atoms. The Morgan fingerprint density at radius 3 is 2.44 bits per heavy atom. The van der Waals surface area contributed by atoms with Gasteiger partial charge in [-0.1, -0.05) is 12.1 Å². The third kappa shape index (κ3) is 2.38. The van der Waals surface area contributed by atoms with Gasteiger partial charge in [-0.3, -0.25) is 4.79 Å². The molecule has 1 aromatic rings. The molecule has 0 unspecified atom stereocenters. The van der Waals surface area contributed by atoms with Crippen molar-refractivity contribution in [1.82, 2.24) is 0 Å². The molecule has 16 heavy (non-hydrogen) atoms. The highest BCUT2D eigenvalue weighted by molar-refractivity contribution is 6.00. The Bertz CT molecular complexity index is 463. The van der Waals surface area contributed by atoms with Gasteiger partial charge >= 0.3 is 0 Å². The minimum Gasteiger partial charge on any atom is -0.295 e.